The molecule has 146 valence electrons. The van der Waals surface area contributed by atoms with Gasteiger partial charge < -0.3 is 5.11 Å². The van der Waals surface area contributed by atoms with Gasteiger partial charge in [-0.05, 0) is 42.7 Å². The average Bonchev–Trinajstić information content (AvgIpc) is 3.45. The van der Waals surface area contributed by atoms with Crippen molar-refractivity contribution in [3.05, 3.63) is 59.1 Å². The molecule has 28 heavy (non-hydrogen) atoms. The molecule has 0 bridgehead atoms. The lowest BCUT2D eigenvalue weighted by molar-refractivity contribution is 0.0696. The third-order valence-corrected chi connectivity index (χ3v) is 8.49. The zero-order chi connectivity index (χ0) is 19.9. The van der Waals surface area contributed by atoms with Gasteiger partial charge in [0.1, 0.15) is 5.00 Å². The molecule has 4 rings (SSSR count). The van der Waals surface area contributed by atoms with E-state index in [0.717, 1.165) is 29.3 Å². The highest BCUT2D eigenvalue weighted by molar-refractivity contribution is 7.93. The number of thiophene rings is 1. The molecule has 1 aliphatic carbocycles. The first-order chi connectivity index (χ1) is 13.4. The highest BCUT2D eigenvalue weighted by Gasteiger charge is 2.31. The number of rotatable bonds is 7. The molecule has 0 saturated heterocycles. The second-order valence-electron chi connectivity index (χ2n) is 6.86. The first kappa shape index (κ1) is 19.2. The normalized spacial score (nSPS) is 14.3. The molecule has 0 unspecified atom stereocenters. The minimum absolute atomic E-state index is 0.0448. The van der Waals surface area contributed by atoms with Crippen molar-refractivity contribution in [2.24, 2.45) is 5.92 Å². The van der Waals surface area contributed by atoms with Gasteiger partial charge >= 0.3 is 5.97 Å². The van der Waals surface area contributed by atoms with E-state index in [9.17, 15) is 13.2 Å². The van der Waals surface area contributed by atoms with Gasteiger partial charge in [0.15, 0.2) is 0 Å². The number of sulfonamides is 1. The third-order valence-electron chi connectivity index (χ3n) is 4.87. The molecule has 0 radical (unpaired) electrons. The van der Waals surface area contributed by atoms with Crippen molar-refractivity contribution in [3.8, 4) is 0 Å². The van der Waals surface area contributed by atoms with Gasteiger partial charge in [-0.2, -0.15) is 0 Å². The Labute approximate surface area is 172 Å². The van der Waals surface area contributed by atoms with Crippen LogP contribution in [-0.2, 0) is 10.0 Å². The quantitative estimate of drug-likeness (QED) is 0.550. The van der Waals surface area contributed by atoms with Crippen LogP contribution in [0.5, 0.6) is 0 Å². The molecular weight excluding hydrogens is 418 g/mol. The number of carboxylic acid groups (broad SMARTS) is 1. The standard InChI is InChI=1S/C20H18ClNO4S2/c21-18-16-3-1-2-4-17(16)27-19(18)22(12-11-13-5-6-13)28(25,26)15-9-7-14(8-10-15)20(23)24/h1-4,7-10,13H,5-6,11-12H2,(H,23,24). The highest BCUT2D eigenvalue weighted by atomic mass is 35.5. The van der Waals surface area contributed by atoms with Gasteiger partial charge in [-0.15, -0.1) is 11.3 Å². The second-order valence-corrected chi connectivity index (χ2v) is 10.1. The van der Waals surface area contributed by atoms with Crippen molar-refractivity contribution >= 4 is 54.0 Å². The maximum absolute atomic E-state index is 13.4. The van der Waals surface area contributed by atoms with Crippen LogP contribution in [0.4, 0.5) is 5.00 Å². The van der Waals surface area contributed by atoms with E-state index in [1.165, 1.54) is 39.9 Å². The predicted octanol–water partition coefficient (Wildman–Crippen LogP) is 5.25. The van der Waals surface area contributed by atoms with E-state index in [0.29, 0.717) is 22.5 Å². The van der Waals surface area contributed by atoms with Gasteiger partial charge in [-0.1, -0.05) is 42.6 Å². The van der Waals surface area contributed by atoms with Crippen LogP contribution in [0.2, 0.25) is 5.02 Å². The largest absolute Gasteiger partial charge is 0.478 e. The molecule has 1 aromatic heterocycles. The fraction of sp³-hybridized carbons (Fsp3) is 0.250. The van der Waals surface area contributed by atoms with E-state index < -0.39 is 16.0 Å². The number of carbonyl (C=O) groups is 1. The number of fused-ring (bicyclic) bond motifs is 1. The molecule has 5 nitrogen and oxygen atoms in total. The Kier molecular flexibility index (Phi) is 5.07. The van der Waals surface area contributed by atoms with Crippen LogP contribution in [0.15, 0.2) is 53.4 Å². The lowest BCUT2D eigenvalue weighted by Gasteiger charge is -2.23. The molecule has 3 aromatic rings. The Morgan fingerprint density at radius 3 is 2.43 bits per heavy atom. The Hall–Kier alpha value is -2.09. The maximum atomic E-state index is 13.4. The SMILES string of the molecule is O=C(O)c1ccc(S(=O)(=O)N(CCC2CC2)c2sc3ccccc3c2Cl)cc1. The number of benzene rings is 2. The van der Waals surface area contributed by atoms with Gasteiger partial charge in [-0.3, -0.25) is 4.31 Å². The summed E-state index contributed by atoms with van der Waals surface area (Å²) in [5.41, 5.74) is 0.0448. The smallest absolute Gasteiger partial charge is 0.335 e. The number of halogens is 1. The Morgan fingerprint density at radius 2 is 1.82 bits per heavy atom. The summed E-state index contributed by atoms with van der Waals surface area (Å²) in [5.74, 6) is -0.540. The number of hydrogen-bond donors (Lipinski definition) is 1. The predicted molar refractivity (Wildman–Crippen MR) is 112 cm³/mol. The summed E-state index contributed by atoms with van der Waals surface area (Å²) >= 11 is 7.92. The van der Waals surface area contributed by atoms with E-state index in [4.69, 9.17) is 16.7 Å². The summed E-state index contributed by atoms with van der Waals surface area (Å²) in [6, 6.07) is 12.9. The summed E-state index contributed by atoms with van der Waals surface area (Å²) in [7, 11) is -3.87. The molecule has 1 aliphatic rings. The lowest BCUT2D eigenvalue weighted by atomic mass is 10.2. The fourth-order valence-electron chi connectivity index (χ4n) is 3.10. The van der Waals surface area contributed by atoms with E-state index >= 15 is 0 Å². The van der Waals surface area contributed by atoms with Crippen LogP contribution < -0.4 is 4.31 Å². The first-order valence-corrected chi connectivity index (χ1v) is 11.5. The number of carboxylic acids is 1. The molecule has 0 aliphatic heterocycles. The number of aromatic carboxylic acids is 1. The summed E-state index contributed by atoms with van der Waals surface area (Å²) in [5, 5.41) is 10.8. The molecule has 1 saturated carbocycles. The molecular formula is C20H18ClNO4S2. The Balaban J connectivity index is 1.77. The molecule has 0 atom stereocenters. The number of nitrogens with zero attached hydrogens (tertiary/aromatic N) is 1. The number of anilines is 1. The van der Waals surface area contributed by atoms with Gasteiger partial charge in [-0.25, -0.2) is 13.2 Å². The Bertz CT molecular complexity index is 1130. The van der Waals surface area contributed by atoms with Crippen molar-refractivity contribution in [3.63, 3.8) is 0 Å². The molecule has 8 heteroatoms. The van der Waals surface area contributed by atoms with Gasteiger partial charge in [0, 0.05) is 16.6 Å². The van der Waals surface area contributed by atoms with Gasteiger partial charge in [0.25, 0.3) is 10.0 Å². The van der Waals surface area contributed by atoms with Crippen molar-refractivity contribution in [2.75, 3.05) is 10.8 Å². The third kappa shape index (κ3) is 3.62. The maximum Gasteiger partial charge on any atom is 0.335 e. The monoisotopic (exact) mass is 435 g/mol. The molecule has 0 amide bonds. The van der Waals surface area contributed by atoms with Crippen molar-refractivity contribution < 1.29 is 18.3 Å². The van der Waals surface area contributed by atoms with Crippen LogP contribution in [0.1, 0.15) is 29.6 Å². The number of hydrogen-bond acceptors (Lipinski definition) is 4. The summed E-state index contributed by atoms with van der Waals surface area (Å²) in [6.07, 6.45) is 3.03. The van der Waals surface area contributed by atoms with E-state index in [2.05, 4.69) is 0 Å². The van der Waals surface area contributed by atoms with Crippen molar-refractivity contribution in [2.45, 2.75) is 24.2 Å². The van der Waals surface area contributed by atoms with Crippen LogP contribution in [0.25, 0.3) is 10.1 Å². The van der Waals surface area contributed by atoms with E-state index in [1.54, 1.807) is 0 Å². The highest BCUT2D eigenvalue weighted by Crippen LogP contribution is 2.44. The van der Waals surface area contributed by atoms with Gasteiger partial charge in [0.2, 0.25) is 0 Å². The molecule has 0 spiro atoms. The lowest BCUT2D eigenvalue weighted by Crippen LogP contribution is -2.32. The molecule has 1 fully saturated rings. The topological polar surface area (TPSA) is 74.7 Å². The average molecular weight is 436 g/mol. The molecule has 1 N–H and O–H groups in total. The van der Waals surface area contributed by atoms with Crippen LogP contribution in [0, 0.1) is 5.92 Å². The zero-order valence-electron chi connectivity index (χ0n) is 14.8. The summed E-state index contributed by atoms with van der Waals surface area (Å²) in [4.78, 5) is 11.1. The minimum Gasteiger partial charge on any atom is -0.478 e. The van der Waals surface area contributed by atoms with Crippen molar-refractivity contribution in [1.29, 1.82) is 0 Å². The zero-order valence-corrected chi connectivity index (χ0v) is 17.2. The van der Waals surface area contributed by atoms with E-state index in [-0.39, 0.29) is 10.5 Å². The fourth-order valence-corrected chi connectivity index (χ4v) is 6.41. The second kappa shape index (κ2) is 7.39. The summed E-state index contributed by atoms with van der Waals surface area (Å²) < 4.78 is 29.1. The minimum atomic E-state index is -3.87. The summed E-state index contributed by atoms with van der Waals surface area (Å²) in [6.45, 7) is 0.347. The Morgan fingerprint density at radius 1 is 1.14 bits per heavy atom. The first-order valence-electron chi connectivity index (χ1n) is 8.91. The molecule has 1 heterocycles. The van der Waals surface area contributed by atoms with Crippen LogP contribution in [-0.4, -0.2) is 26.0 Å². The van der Waals surface area contributed by atoms with Crippen molar-refractivity contribution in [1.82, 2.24) is 0 Å². The van der Waals surface area contributed by atoms with E-state index in [1.807, 2.05) is 24.3 Å². The molecule has 2 aromatic carbocycles. The van der Waals surface area contributed by atoms with Crippen LogP contribution in [0.3, 0.4) is 0 Å². The van der Waals surface area contributed by atoms with Gasteiger partial charge in [0.05, 0.1) is 15.5 Å². The van der Waals surface area contributed by atoms with Crippen LogP contribution >= 0.6 is 22.9 Å².